The fraction of sp³-hybridized carbons (Fsp3) is 0.200. The number of nitrogens with zero attached hydrogens (tertiary/aromatic N) is 1. The smallest absolute Gasteiger partial charge is 0.336 e. The number of carbonyl (C=O) groups excluding carboxylic acids is 1. The first-order chi connectivity index (χ1) is 13.3. The van der Waals surface area contributed by atoms with E-state index in [1.165, 1.54) is 19.1 Å². The minimum absolute atomic E-state index is 0.109. The van der Waals surface area contributed by atoms with Crippen molar-refractivity contribution in [3.8, 4) is 11.5 Å². The number of ether oxygens (including phenoxy) is 2. The highest BCUT2D eigenvalue weighted by molar-refractivity contribution is 9.10. The van der Waals surface area contributed by atoms with Crippen LogP contribution in [-0.4, -0.2) is 49.5 Å². The number of benzene rings is 2. The van der Waals surface area contributed by atoms with Crippen LogP contribution in [-0.2, 0) is 4.79 Å². The van der Waals surface area contributed by atoms with Crippen molar-refractivity contribution in [2.24, 2.45) is 0 Å². The molecule has 0 atom stereocenters. The minimum Gasteiger partial charge on any atom is -0.497 e. The molecular weight excluding hydrogens is 446 g/mol. The van der Waals surface area contributed by atoms with E-state index in [1.54, 1.807) is 56.6 Å². The number of amides is 1. The van der Waals surface area contributed by atoms with Crippen LogP contribution < -0.4 is 9.47 Å². The average Bonchev–Trinajstić information content (AvgIpc) is 2.67. The fourth-order valence-electron chi connectivity index (χ4n) is 2.33. The normalized spacial score (nSPS) is 11.1. The summed E-state index contributed by atoms with van der Waals surface area (Å²) in [4.78, 5) is 26.0. The summed E-state index contributed by atoms with van der Waals surface area (Å²) in [7, 11) is 6.36. The number of carbonyl (C=O) groups is 2. The summed E-state index contributed by atoms with van der Waals surface area (Å²) in [6.45, 7) is 0. The summed E-state index contributed by atoms with van der Waals surface area (Å²) >= 11 is 4.48. The lowest BCUT2D eigenvalue weighted by atomic mass is 10.0. The van der Waals surface area contributed by atoms with Crippen LogP contribution in [0.2, 0.25) is 0 Å². The van der Waals surface area contributed by atoms with Gasteiger partial charge in [0.25, 0.3) is 5.24 Å². The number of halogens is 1. The molecule has 28 heavy (non-hydrogen) atoms. The largest absolute Gasteiger partial charge is 0.497 e. The van der Waals surface area contributed by atoms with Gasteiger partial charge in [-0.1, -0.05) is 12.1 Å². The molecule has 1 amide bonds. The lowest BCUT2D eigenvalue weighted by Gasteiger charge is -2.14. The van der Waals surface area contributed by atoms with E-state index in [4.69, 9.17) is 9.47 Å². The van der Waals surface area contributed by atoms with E-state index < -0.39 is 5.97 Å². The average molecular weight is 466 g/mol. The lowest BCUT2D eigenvalue weighted by Crippen LogP contribution is -2.16. The molecular formula is C20H20BrNO5S. The Labute approximate surface area is 176 Å². The summed E-state index contributed by atoms with van der Waals surface area (Å²) < 4.78 is 11.2. The van der Waals surface area contributed by atoms with Crippen molar-refractivity contribution in [3.63, 3.8) is 0 Å². The first kappa shape index (κ1) is 21.8. The molecule has 2 aromatic carbocycles. The number of rotatable bonds is 6. The molecule has 148 valence electrons. The Hall–Kier alpha value is -2.45. The third kappa shape index (κ3) is 5.30. The molecule has 0 radical (unpaired) electrons. The van der Waals surface area contributed by atoms with Gasteiger partial charge in [0, 0.05) is 18.6 Å². The highest BCUT2D eigenvalue weighted by Crippen LogP contribution is 2.39. The number of hydrogen-bond donors (Lipinski definition) is 1. The summed E-state index contributed by atoms with van der Waals surface area (Å²) in [6, 6.07) is 10.3. The van der Waals surface area contributed by atoms with Crippen LogP contribution >= 0.6 is 27.7 Å². The van der Waals surface area contributed by atoms with Gasteiger partial charge >= 0.3 is 5.97 Å². The zero-order valence-electron chi connectivity index (χ0n) is 15.9. The van der Waals surface area contributed by atoms with Crippen molar-refractivity contribution in [2.75, 3.05) is 28.3 Å². The van der Waals surface area contributed by atoms with E-state index >= 15 is 0 Å². The number of thioether (sulfide) groups is 1. The molecule has 6 nitrogen and oxygen atoms in total. The molecule has 0 spiro atoms. The quantitative estimate of drug-likeness (QED) is 0.372. The summed E-state index contributed by atoms with van der Waals surface area (Å²) in [5, 5.41) is 9.53. The molecule has 0 unspecified atom stereocenters. The van der Waals surface area contributed by atoms with Gasteiger partial charge < -0.3 is 19.5 Å². The van der Waals surface area contributed by atoms with Crippen molar-refractivity contribution in [2.45, 2.75) is 4.90 Å². The first-order valence-electron chi connectivity index (χ1n) is 8.13. The van der Waals surface area contributed by atoms with Crippen LogP contribution in [0.3, 0.4) is 0 Å². The molecule has 0 bridgehead atoms. The van der Waals surface area contributed by atoms with Gasteiger partial charge in [-0.15, -0.1) is 0 Å². The Morgan fingerprint density at radius 3 is 2.43 bits per heavy atom. The maximum absolute atomic E-state index is 12.0. The van der Waals surface area contributed by atoms with Crippen LogP contribution in [0.5, 0.6) is 11.5 Å². The molecule has 2 aromatic rings. The number of carboxylic acid groups (broad SMARTS) is 1. The molecule has 0 heterocycles. The second-order valence-corrected chi connectivity index (χ2v) is 7.71. The maximum Gasteiger partial charge on any atom is 0.336 e. The summed E-state index contributed by atoms with van der Waals surface area (Å²) in [5.41, 5.74) is 1.24. The van der Waals surface area contributed by atoms with Gasteiger partial charge in [0.15, 0.2) is 0 Å². The monoisotopic (exact) mass is 465 g/mol. The molecule has 0 aliphatic carbocycles. The Morgan fingerprint density at radius 2 is 1.86 bits per heavy atom. The van der Waals surface area contributed by atoms with Crippen molar-refractivity contribution < 1.29 is 24.2 Å². The van der Waals surface area contributed by atoms with Gasteiger partial charge in [0.2, 0.25) is 0 Å². The van der Waals surface area contributed by atoms with Gasteiger partial charge in [0.1, 0.15) is 11.5 Å². The third-order valence-corrected chi connectivity index (χ3v) is 5.78. The number of hydrogen-bond acceptors (Lipinski definition) is 5. The molecule has 0 aliphatic rings. The second kappa shape index (κ2) is 9.66. The Bertz CT molecular complexity index is 927. The van der Waals surface area contributed by atoms with Gasteiger partial charge in [-0.25, -0.2) is 4.79 Å². The standard InChI is InChI=1S/C20H20BrNO5S/c1-22(2)20(25)28-18-16(21)9-12(10-17(18)27-4)8-15(19(23)24)13-6-5-7-14(11-13)26-3/h5-11H,1-4H3,(H,23,24)/b15-8+. The van der Waals surface area contributed by atoms with Crippen LogP contribution in [0, 0.1) is 0 Å². The van der Waals surface area contributed by atoms with E-state index in [2.05, 4.69) is 15.9 Å². The fourth-order valence-corrected chi connectivity index (χ4v) is 3.79. The topological polar surface area (TPSA) is 76.1 Å². The van der Waals surface area contributed by atoms with E-state index in [9.17, 15) is 14.7 Å². The Balaban J connectivity index is 2.51. The Morgan fingerprint density at radius 1 is 1.14 bits per heavy atom. The van der Waals surface area contributed by atoms with Crippen molar-refractivity contribution >= 4 is 50.5 Å². The first-order valence-corrected chi connectivity index (χ1v) is 9.73. The third-order valence-electron chi connectivity index (χ3n) is 3.73. The zero-order chi connectivity index (χ0) is 20.8. The number of carboxylic acids is 1. The second-order valence-electron chi connectivity index (χ2n) is 5.89. The van der Waals surface area contributed by atoms with Gasteiger partial charge in [-0.05, 0) is 69.2 Å². The SMILES string of the molecule is COc1cccc(/C(=C\c2cc(Br)c(SC(=O)N(C)C)c(OC)c2)C(=O)O)c1. The minimum atomic E-state index is -1.07. The Kier molecular flexibility index (Phi) is 7.53. The molecule has 0 aromatic heterocycles. The summed E-state index contributed by atoms with van der Waals surface area (Å²) in [6.07, 6.45) is 1.55. The van der Waals surface area contributed by atoms with Crippen molar-refractivity contribution in [3.05, 3.63) is 52.0 Å². The van der Waals surface area contributed by atoms with E-state index in [1.807, 2.05) is 0 Å². The summed E-state index contributed by atoms with van der Waals surface area (Å²) in [5.74, 6) is -0.0295. The van der Waals surface area contributed by atoms with Crippen LogP contribution in [0.25, 0.3) is 11.6 Å². The van der Waals surface area contributed by atoms with Gasteiger partial charge in [0.05, 0.1) is 24.7 Å². The van der Waals surface area contributed by atoms with E-state index in [0.717, 1.165) is 11.8 Å². The van der Waals surface area contributed by atoms with Crippen molar-refractivity contribution in [1.29, 1.82) is 0 Å². The molecule has 0 saturated carbocycles. The molecule has 2 rings (SSSR count). The highest BCUT2D eigenvalue weighted by Gasteiger charge is 2.17. The lowest BCUT2D eigenvalue weighted by molar-refractivity contribution is -0.130. The highest BCUT2D eigenvalue weighted by atomic mass is 79.9. The zero-order valence-corrected chi connectivity index (χ0v) is 18.3. The van der Waals surface area contributed by atoms with Crippen molar-refractivity contribution in [1.82, 2.24) is 4.90 Å². The van der Waals surface area contributed by atoms with E-state index in [0.29, 0.717) is 32.0 Å². The molecule has 1 N–H and O–H groups in total. The predicted molar refractivity (Wildman–Crippen MR) is 114 cm³/mol. The van der Waals surface area contributed by atoms with Gasteiger partial charge in [-0.2, -0.15) is 0 Å². The number of methoxy groups -OCH3 is 2. The maximum atomic E-state index is 12.0. The molecule has 8 heteroatoms. The van der Waals surface area contributed by atoms with Gasteiger partial charge in [-0.3, -0.25) is 4.79 Å². The molecule has 0 fully saturated rings. The van der Waals surface area contributed by atoms with Crippen LogP contribution in [0.15, 0.2) is 45.8 Å². The molecule has 0 saturated heterocycles. The number of aliphatic carboxylic acids is 1. The predicted octanol–water partition coefficient (Wildman–Crippen LogP) is 4.87. The van der Waals surface area contributed by atoms with E-state index in [-0.39, 0.29) is 10.8 Å². The van der Waals surface area contributed by atoms with Crippen LogP contribution in [0.4, 0.5) is 4.79 Å². The van der Waals surface area contributed by atoms with Crippen LogP contribution in [0.1, 0.15) is 11.1 Å². The molecule has 0 aliphatic heterocycles.